The molecule has 3 aromatic carbocycles. The number of aryl methyl sites for hydroxylation is 1. The molecule has 2 aliphatic rings. The molecule has 46 heavy (non-hydrogen) atoms. The monoisotopic (exact) mass is 620 g/mol. The number of aromatic nitrogens is 2. The quantitative estimate of drug-likeness (QED) is 0.222. The van der Waals surface area contributed by atoms with Crippen molar-refractivity contribution in [1.29, 1.82) is 0 Å². The second-order valence-corrected chi connectivity index (χ2v) is 12.3. The third-order valence-corrected chi connectivity index (χ3v) is 9.19. The number of anilines is 1. The predicted octanol–water partition coefficient (Wildman–Crippen LogP) is 5.90. The van der Waals surface area contributed by atoms with Gasteiger partial charge in [0, 0.05) is 49.1 Å². The molecule has 0 radical (unpaired) electrons. The summed E-state index contributed by atoms with van der Waals surface area (Å²) in [6.45, 7) is 6.51. The van der Waals surface area contributed by atoms with Crippen molar-refractivity contribution in [1.82, 2.24) is 14.7 Å². The summed E-state index contributed by atoms with van der Waals surface area (Å²) in [5, 5.41) is 13.9. The molecule has 1 unspecified atom stereocenters. The van der Waals surface area contributed by atoms with E-state index in [0.29, 0.717) is 51.1 Å². The summed E-state index contributed by atoms with van der Waals surface area (Å²) >= 11 is 0. The van der Waals surface area contributed by atoms with Crippen molar-refractivity contribution in [3.8, 4) is 16.9 Å². The number of nitrogens with zero attached hydrogens (tertiary/aromatic N) is 4. The van der Waals surface area contributed by atoms with Gasteiger partial charge in [0.1, 0.15) is 5.75 Å². The number of benzene rings is 3. The molecule has 1 N–H and O–H groups in total. The number of rotatable bonds is 10. The maximum atomic E-state index is 13.4. The minimum absolute atomic E-state index is 0.111. The van der Waals surface area contributed by atoms with E-state index < -0.39 is 11.9 Å². The summed E-state index contributed by atoms with van der Waals surface area (Å²) in [6, 6.07) is 19.6. The zero-order valence-corrected chi connectivity index (χ0v) is 26.4. The Morgan fingerprint density at radius 2 is 1.85 bits per heavy atom. The van der Waals surface area contributed by atoms with Crippen LogP contribution in [0.1, 0.15) is 58.3 Å². The van der Waals surface area contributed by atoms with Gasteiger partial charge in [-0.15, -0.1) is 0 Å². The zero-order chi connectivity index (χ0) is 32.2. The lowest BCUT2D eigenvalue weighted by Gasteiger charge is -2.31. The molecule has 6 rings (SSSR count). The Hall–Kier alpha value is -4.92. The van der Waals surface area contributed by atoms with Crippen LogP contribution in [0.15, 0.2) is 73.1 Å². The van der Waals surface area contributed by atoms with Gasteiger partial charge in [0.2, 0.25) is 5.91 Å². The minimum Gasteiger partial charge on any atom is -0.493 e. The maximum absolute atomic E-state index is 13.4. The first-order valence-corrected chi connectivity index (χ1v) is 16.0. The first-order valence-electron chi connectivity index (χ1n) is 16.0. The molecule has 9 heteroatoms. The molecule has 0 bridgehead atoms. The van der Waals surface area contributed by atoms with Crippen molar-refractivity contribution in [2.75, 3.05) is 31.1 Å². The Bertz CT molecular complexity index is 1760. The van der Waals surface area contributed by atoms with E-state index in [4.69, 9.17) is 4.74 Å². The van der Waals surface area contributed by atoms with E-state index in [1.165, 1.54) is 5.56 Å². The highest BCUT2D eigenvalue weighted by Gasteiger charge is 2.31. The van der Waals surface area contributed by atoms with Gasteiger partial charge in [-0.2, -0.15) is 5.10 Å². The van der Waals surface area contributed by atoms with E-state index in [1.807, 2.05) is 64.4 Å². The van der Waals surface area contributed by atoms with Gasteiger partial charge in [0.15, 0.2) is 0 Å². The van der Waals surface area contributed by atoms with Crippen LogP contribution >= 0.6 is 0 Å². The first kappa shape index (κ1) is 31.1. The van der Waals surface area contributed by atoms with Gasteiger partial charge < -0.3 is 19.6 Å². The van der Waals surface area contributed by atoms with Crippen molar-refractivity contribution in [3.63, 3.8) is 0 Å². The molecule has 4 aromatic rings. The zero-order valence-electron chi connectivity index (χ0n) is 26.4. The van der Waals surface area contributed by atoms with Crippen molar-refractivity contribution in [2.45, 2.75) is 52.5 Å². The normalized spacial score (nSPS) is 15.9. The lowest BCUT2D eigenvalue weighted by Crippen LogP contribution is -2.35. The largest absolute Gasteiger partial charge is 0.493 e. The molecule has 0 spiro atoms. The standard InChI is InChI=1S/C37H40N4O5/c1-25-8-3-14-34(26(25)2)46-19-7-15-35(42)41-17-6-12-32-31(11-5-13-33(32)41)30-21-38-40(24-30)22-27-9-4-10-28(20-27)36(43)39-18-16-29(23-39)37(44)45/h3-5,8-11,13-14,20-21,24,29H,6-7,12,15-19,22-23H2,1-2H3,(H,44,45). The van der Waals surface area contributed by atoms with E-state index in [2.05, 4.69) is 31.1 Å². The fourth-order valence-electron chi connectivity index (χ4n) is 6.48. The highest BCUT2D eigenvalue weighted by Crippen LogP contribution is 2.36. The van der Waals surface area contributed by atoms with Gasteiger partial charge in [0.25, 0.3) is 5.91 Å². The summed E-state index contributed by atoms with van der Waals surface area (Å²) < 4.78 is 7.84. The summed E-state index contributed by atoms with van der Waals surface area (Å²) in [5.74, 6) is -0.514. The van der Waals surface area contributed by atoms with Gasteiger partial charge in [-0.25, -0.2) is 0 Å². The summed E-state index contributed by atoms with van der Waals surface area (Å²) in [7, 11) is 0. The van der Waals surface area contributed by atoms with Crippen molar-refractivity contribution < 1.29 is 24.2 Å². The van der Waals surface area contributed by atoms with E-state index >= 15 is 0 Å². The molecule has 1 atom stereocenters. The fourth-order valence-corrected chi connectivity index (χ4v) is 6.48. The van der Waals surface area contributed by atoms with Crippen LogP contribution in [0.25, 0.3) is 11.1 Å². The molecule has 3 heterocycles. The van der Waals surface area contributed by atoms with Crippen LogP contribution in [0.5, 0.6) is 5.75 Å². The third kappa shape index (κ3) is 6.68. The van der Waals surface area contributed by atoms with Crippen molar-refractivity contribution in [2.24, 2.45) is 5.92 Å². The molecular formula is C37H40N4O5. The molecule has 9 nitrogen and oxygen atoms in total. The van der Waals surface area contributed by atoms with Crippen LogP contribution in [0, 0.1) is 19.8 Å². The SMILES string of the molecule is Cc1cccc(OCCCC(=O)N2CCCc3c(-c4cnn(Cc5cccc(C(=O)N6CCC(C(=O)O)C6)c5)c4)cccc32)c1C. The number of hydrogen-bond donors (Lipinski definition) is 1. The molecule has 2 aliphatic heterocycles. The Kier molecular flexibility index (Phi) is 9.19. The first-order chi connectivity index (χ1) is 22.3. The number of hydrogen-bond acceptors (Lipinski definition) is 5. The molecule has 238 valence electrons. The van der Waals surface area contributed by atoms with Crippen LogP contribution in [0.2, 0.25) is 0 Å². The van der Waals surface area contributed by atoms with Gasteiger partial charge in [-0.3, -0.25) is 19.1 Å². The van der Waals surface area contributed by atoms with Gasteiger partial charge in [-0.05, 0) is 91.6 Å². The summed E-state index contributed by atoms with van der Waals surface area (Å²) in [4.78, 5) is 41.3. The number of carboxylic acid groups (broad SMARTS) is 1. The maximum Gasteiger partial charge on any atom is 0.308 e. The fraction of sp³-hybridized carbons (Fsp3) is 0.351. The Morgan fingerprint density at radius 3 is 2.67 bits per heavy atom. The van der Waals surface area contributed by atoms with Crippen molar-refractivity contribution >= 4 is 23.5 Å². The average molecular weight is 621 g/mol. The molecule has 0 saturated carbocycles. The van der Waals surface area contributed by atoms with E-state index in [1.54, 1.807) is 11.0 Å². The van der Waals surface area contributed by atoms with Crippen LogP contribution in [-0.4, -0.2) is 63.8 Å². The average Bonchev–Trinajstić information content (AvgIpc) is 3.75. The smallest absolute Gasteiger partial charge is 0.308 e. The Labute approximate surface area is 269 Å². The van der Waals surface area contributed by atoms with Gasteiger partial charge >= 0.3 is 5.97 Å². The Balaban J connectivity index is 1.10. The second-order valence-electron chi connectivity index (χ2n) is 12.3. The van der Waals surface area contributed by atoms with E-state index in [-0.39, 0.29) is 18.4 Å². The van der Waals surface area contributed by atoms with Crippen LogP contribution in [0.3, 0.4) is 0 Å². The molecule has 1 saturated heterocycles. The lowest BCUT2D eigenvalue weighted by atomic mass is 9.93. The number of ether oxygens (including phenoxy) is 1. The number of carboxylic acids is 1. The van der Waals surface area contributed by atoms with E-state index in [0.717, 1.165) is 52.1 Å². The number of aliphatic carboxylic acids is 1. The molecular weight excluding hydrogens is 580 g/mol. The minimum atomic E-state index is -0.854. The van der Waals surface area contributed by atoms with Crippen LogP contribution < -0.4 is 9.64 Å². The number of carbonyl (C=O) groups excluding carboxylic acids is 2. The second kappa shape index (κ2) is 13.6. The highest BCUT2D eigenvalue weighted by molar-refractivity contribution is 5.96. The molecule has 1 fully saturated rings. The third-order valence-electron chi connectivity index (χ3n) is 9.19. The summed E-state index contributed by atoms with van der Waals surface area (Å²) in [5.41, 5.74) is 7.99. The number of amides is 2. The molecule has 2 amide bonds. The Morgan fingerprint density at radius 1 is 1.02 bits per heavy atom. The lowest BCUT2D eigenvalue weighted by molar-refractivity contribution is -0.141. The highest BCUT2D eigenvalue weighted by atomic mass is 16.5. The number of likely N-dealkylation sites (tertiary alicyclic amines) is 1. The topological polar surface area (TPSA) is 105 Å². The van der Waals surface area contributed by atoms with Gasteiger partial charge in [0.05, 0.1) is 25.3 Å². The molecule has 0 aliphatic carbocycles. The van der Waals surface area contributed by atoms with Crippen molar-refractivity contribution in [3.05, 3.63) is 101 Å². The van der Waals surface area contributed by atoms with Crippen LogP contribution in [0.4, 0.5) is 5.69 Å². The number of carbonyl (C=O) groups is 3. The van der Waals surface area contributed by atoms with E-state index in [9.17, 15) is 19.5 Å². The summed E-state index contributed by atoms with van der Waals surface area (Å²) in [6.07, 6.45) is 7.20. The van der Waals surface area contributed by atoms with Gasteiger partial charge in [-0.1, -0.05) is 36.4 Å². The predicted molar refractivity (Wildman–Crippen MR) is 176 cm³/mol. The number of fused-ring (bicyclic) bond motifs is 1. The molecule has 1 aromatic heterocycles. The van der Waals surface area contributed by atoms with Crippen LogP contribution in [-0.2, 0) is 22.6 Å².